The van der Waals surface area contributed by atoms with Gasteiger partial charge in [-0.3, -0.25) is 4.79 Å². The maximum absolute atomic E-state index is 12.9. The van der Waals surface area contributed by atoms with E-state index in [2.05, 4.69) is 5.32 Å². The summed E-state index contributed by atoms with van der Waals surface area (Å²) in [6.07, 6.45) is 3.85. The Morgan fingerprint density at radius 1 is 1.03 bits per heavy atom. The number of carbonyl (C=O) groups excluding carboxylic acids is 1. The first-order valence-corrected chi connectivity index (χ1v) is 12.4. The van der Waals surface area contributed by atoms with Gasteiger partial charge in [-0.15, -0.1) is 0 Å². The Morgan fingerprint density at radius 2 is 1.72 bits per heavy atom. The van der Waals surface area contributed by atoms with Gasteiger partial charge in [-0.25, -0.2) is 9.59 Å². The maximum atomic E-state index is 12.9. The van der Waals surface area contributed by atoms with E-state index in [-0.39, 0.29) is 18.4 Å². The minimum Gasteiger partial charge on any atom is -0.480 e. The highest BCUT2D eigenvalue weighted by atomic mass is 35.5. The number of furan rings is 1. The number of carboxylic acid groups (broad SMARTS) is 1. The van der Waals surface area contributed by atoms with Gasteiger partial charge in [0.25, 0.3) is 0 Å². The van der Waals surface area contributed by atoms with Gasteiger partial charge in [-0.1, -0.05) is 23.7 Å². The number of halogens is 1. The number of carboxylic acids is 1. The summed E-state index contributed by atoms with van der Waals surface area (Å²) < 4.78 is 11.8. The van der Waals surface area contributed by atoms with Crippen LogP contribution in [0.25, 0.3) is 21.9 Å². The molecule has 7 nitrogen and oxygen atoms in total. The van der Waals surface area contributed by atoms with Crippen molar-refractivity contribution >= 4 is 45.4 Å². The monoisotopic (exact) mass is 507 g/mol. The van der Waals surface area contributed by atoms with Crippen molar-refractivity contribution in [2.24, 2.45) is 0 Å². The Morgan fingerprint density at radius 3 is 2.44 bits per heavy atom. The lowest BCUT2D eigenvalue weighted by molar-refractivity contribution is -0.141. The second-order valence-electron chi connectivity index (χ2n) is 9.42. The average molecular weight is 508 g/mol. The van der Waals surface area contributed by atoms with Gasteiger partial charge in [0.2, 0.25) is 5.91 Å². The summed E-state index contributed by atoms with van der Waals surface area (Å²) in [4.78, 5) is 37.6. The standard InChI is InChI=1S/C28H26ClNO6/c1-14-19-12-21-18-5-3-4-6-23(18)35-26(21)15(2)25(19)36-28(34)20(14)13-24(31)30-22(27(32)33)11-16-7-9-17(29)10-8-16/h7-10,12,22H,3-6,11,13H2,1-2H3,(H,30,31)(H,32,33)/t22-/m1/s1. The Bertz CT molecular complexity index is 1560. The van der Waals surface area contributed by atoms with Gasteiger partial charge in [0, 0.05) is 39.8 Å². The topological polar surface area (TPSA) is 110 Å². The molecule has 2 aromatic heterocycles. The molecule has 2 N–H and O–H groups in total. The summed E-state index contributed by atoms with van der Waals surface area (Å²) in [7, 11) is 0. The highest BCUT2D eigenvalue weighted by molar-refractivity contribution is 6.30. The molecule has 2 heterocycles. The summed E-state index contributed by atoms with van der Waals surface area (Å²) >= 11 is 5.90. The Kier molecular flexibility index (Phi) is 6.35. The molecule has 0 unspecified atom stereocenters. The van der Waals surface area contributed by atoms with Crippen molar-refractivity contribution in [1.29, 1.82) is 0 Å². The van der Waals surface area contributed by atoms with Crippen LogP contribution in [-0.4, -0.2) is 23.0 Å². The number of aliphatic carboxylic acids is 1. The quantitative estimate of drug-likeness (QED) is 0.354. The fourth-order valence-electron chi connectivity index (χ4n) is 5.08. The molecule has 2 aromatic carbocycles. The van der Waals surface area contributed by atoms with Crippen molar-refractivity contribution in [3.8, 4) is 0 Å². The van der Waals surface area contributed by atoms with Gasteiger partial charge in [-0.05, 0) is 62.4 Å². The minimum atomic E-state index is -1.16. The van der Waals surface area contributed by atoms with Crippen LogP contribution >= 0.6 is 11.6 Å². The molecule has 1 amide bonds. The Hall–Kier alpha value is -3.58. The van der Waals surface area contributed by atoms with E-state index in [0.29, 0.717) is 16.2 Å². The normalized spacial score (nSPS) is 14.1. The molecule has 0 saturated carbocycles. The van der Waals surface area contributed by atoms with Crippen LogP contribution in [0.3, 0.4) is 0 Å². The summed E-state index contributed by atoms with van der Waals surface area (Å²) in [5.74, 6) is -0.734. The number of hydrogen-bond donors (Lipinski definition) is 2. The van der Waals surface area contributed by atoms with Gasteiger partial charge >= 0.3 is 11.6 Å². The molecule has 1 aliphatic rings. The van der Waals surface area contributed by atoms with Crippen LogP contribution in [0.4, 0.5) is 0 Å². The van der Waals surface area contributed by atoms with E-state index in [0.717, 1.165) is 58.9 Å². The third-order valence-electron chi connectivity index (χ3n) is 7.05. The largest absolute Gasteiger partial charge is 0.480 e. The van der Waals surface area contributed by atoms with Crippen LogP contribution in [-0.2, 0) is 35.3 Å². The zero-order valence-corrected chi connectivity index (χ0v) is 20.8. The number of rotatable bonds is 6. The van der Waals surface area contributed by atoms with E-state index in [4.69, 9.17) is 20.4 Å². The molecule has 8 heteroatoms. The maximum Gasteiger partial charge on any atom is 0.340 e. The molecule has 5 rings (SSSR count). The van der Waals surface area contributed by atoms with Crippen LogP contribution in [0.15, 0.2) is 44.0 Å². The first-order valence-electron chi connectivity index (χ1n) is 12.0. The molecule has 4 aromatic rings. The van der Waals surface area contributed by atoms with E-state index < -0.39 is 23.5 Å². The SMILES string of the molecule is Cc1c(CC(=O)N[C@H](Cc2ccc(Cl)cc2)C(=O)O)c(=O)oc2c(C)c3oc4c(c3cc12)CCCC4. The Balaban J connectivity index is 1.46. The lowest BCUT2D eigenvalue weighted by Gasteiger charge is -2.15. The van der Waals surface area contributed by atoms with Crippen LogP contribution in [0.2, 0.25) is 5.02 Å². The summed E-state index contributed by atoms with van der Waals surface area (Å²) in [6, 6.07) is 7.60. The second-order valence-corrected chi connectivity index (χ2v) is 9.86. The molecule has 36 heavy (non-hydrogen) atoms. The van der Waals surface area contributed by atoms with Crippen LogP contribution < -0.4 is 10.9 Å². The summed E-state index contributed by atoms with van der Waals surface area (Å²) in [5, 5.41) is 14.5. The smallest absolute Gasteiger partial charge is 0.340 e. The van der Waals surface area contributed by atoms with Gasteiger partial charge in [0.15, 0.2) is 0 Å². The number of benzene rings is 2. The predicted molar refractivity (Wildman–Crippen MR) is 137 cm³/mol. The van der Waals surface area contributed by atoms with E-state index in [1.165, 1.54) is 5.56 Å². The second kappa shape index (κ2) is 9.47. The fourth-order valence-corrected chi connectivity index (χ4v) is 5.21. The molecule has 0 aliphatic heterocycles. The van der Waals surface area contributed by atoms with E-state index in [9.17, 15) is 19.5 Å². The lowest BCUT2D eigenvalue weighted by atomic mass is 9.93. The fraction of sp³-hybridized carbons (Fsp3) is 0.321. The van der Waals surface area contributed by atoms with E-state index in [1.807, 2.05) is 13.0 Å². The van der Waals surface area contributed by atoms with E-state index in [1.54, 1.807) is 31.2 Å². The molecule has 186 valence electrons. The number of aryl methyl sites for hydroxylation is 4. The minimum absolute atomic E-state index is 0.0896. The van der Waals surface area contributed by atoms with Gasteiger partial charge in [-0.2, -0.15) is 0 Å². The summed E-state index contributed by atoms with van der Waals surface area (Å²) in [6.45, 7) is 3.67. The number of fused-ring (bicyclic) bond motifs is 4. The highest BCUT2D eigenvalue weighted by Crippen LogP contribution is 2.37. The van der Waals surface area contributed by atoms with Crippen molar-refractivity contribution in [3.63, 3.8) is 0 Å². The average Bonchev–Trinajstić information content (AvgIpc) is 3.22. The zero-order valence-electron chi connectivity index (χ0n) is 20.1. The molecular formula is C28H26ClNO6. The summed E-state index contributed by atoms with van der Waals surface area (Å²) in [5.41, 5.74) is 4.14. The van der Waals surface area contributed by atoms with Crippen molar-refractivity contribution in [3.05, 3.63) is 79.4 Å². The first-order chi connectivity index (χ1) is 17.2. The number of nitrogens with one attached hydrogen (secondary N) is 1. The molecule has 0 fully saturated rings. The Labute approximate surface area is 212 Å². The third kappa shape index (κ3) is 4.39. The first kappa shape index (κ1) is 24.1. The van der Waals surface area contributed by atoms with Gasteiger partial charge in [0.1, 0.15) is 23.0 Å². The van der Waals surface area contributed by atoms with Crippen molar-refractivity contribution in [1.82, 2.24) is 5.32 Å². The lowest BCUT2D eigenvalue weighted by Crippen LogP contribution is -2.43. The zero-order chi connectivity index (χ0) is 25.6. The predicted octanol–water partition coefficient (Wildman–Crippen LogP) is 5.04. The van der Waals surface area contributed by atoms with Crippen LogP contribution in [0.5, 0.6) is 0 Å². The molecule has 0 saturated heterocycles. The van der Waals surface area contributed by atoms with Crippen molar-refractivity contribution in [2.75, 3.05) is 0 Å². The molecule has 1 aliphatic carbocycles. The van der Waals surface area contributed by atoms with Gasteiger partial charge in [0.05, 0.1) is 12.0 Å². The molecule has 0 bridgehead atoms. The third-order valence-corrected chi connectivity index (χ3v) is 7.30. The number of carbonyl (C=O) groups is 2. The van der Waals surface area contributed by atoms with Crippen molar-refractivity contribution < 1.29 is 23.5 Å². The van der Waals surface area contributed by atoms with E-state index >= 15 is 0 Å². The molecule has 0 spiro atoms. The number of amides is 1. The molecule has 0 radical (unpaired) electrons. The van der Waals surface area contributed by atoms with Crippen LogP contribution in [0.1, 0.15) is 46.4 Å². The molecular weight excluding hydrogens is 482 g/mol. The number of hydrogen-bond acceptors (Lipinski definition) is 5. The highest BCUT2D eigenvalue weighted by Gasteiger charge is 2.25. The molecule has 1 atom stereocenters. The van der Waals surface area contributed by atoms with Crippen LogP contribution in [0, 0.1) is 13.8 Å². The van der Waals surface area contributed by atoms with Gasteiger partial charge < -0.3 is 19.3 Å². The van der Waals surface area contributed by atoms with Crippen molar-refractivity contribution in [2.45, 2.75) is 58.4 Å².